The van der Waals surface area contributed by atoms with Crippen LogP contribution in [0.3, 0.4) is 0 Å². The van der Waals surface area contributed by atoms with Crippen molar-refractivity contribution >= 4 is 17.9 Å². The molecule has 0 bridgehead atoms. The van der Waals surface area contributed by atoms with Crippen LogP contribution < -0.4 is 5.32 Å². The third-order valence-corrected chi connectivity index (χ3v) is 3.32. The molecule has 2 aliphatic heterocycles. The van der Waals surface area contributed by atoms with Crippen LogP contribution in [-0.2, 0) is 14.3 Å². The number of ether oxygens (including phenoxy) is 1. The molecular formula is C15H18N2O4. The maximum absolute atomic E-state index is 11.4. The fraction of sp³-hybridized carbons (Fsp3) is 0.400. The van der Waals surface area contributed by atoms with Crippen molar-refractivity contribution in [2.24, 2.45) is 0 Å². The first-order valence-electron chi connectivity index (χ1n) is 6.86. The molecule has 0 aliphatic carbocycles. The van der Waals surface area contributed by atoms with E-state index in [4.69, 9.17) is 4.74 Å². The van der Waals surface area contributed by atoms with Crippen molar-refractivity contribution in [3.05, 3.63) is 35.9 Å². The summed E-state index contributed by atoms with van der Waals surface area (Å²) in [7, 11) is 0. The number of hydrogen-bond donors (Lipinski definition) is 1. The summed E-state index contributed by atoms with van der Waals surface area (Å²) in [5.74, 6) is -0.682. The molecule has 1 atom stereocenters. The van der Waals surface area contributed by atoms with Crippen LogP contribution in [-0.4, -0.2) is 42.0 Å². The van der Waals surface area contributed by atoms with Gasteiger partial charge in [-0.1, -0.05) is 35.9 Å². The van der Waals surface area contributed by atoms with E-state index in [1.807, 2.05) is 18.2 Å². The van der Waals surface area contributed by atoms with Crippen molar-refractivity contribution < 1.29 is 19.1 Å². The summed E-state index contributed by atoms with van der Waals surface area (Å²) < 4.78 is 4.72. The summed E-state index contributed by atoms with van der Waals surface area (Å²) in [4.78, 5) is 34.7. The summed E-state index contributed by atoms with van der Waals surface area (Å²) in [6.07, 6.45) is 0.194. The Labute approximate surface area is 123 Å². The quantitative estimate of drug-likeness (QED) is 0.790. The molecule has 0 aromatic heterocycles. The number of aryl methyl sites for hydroxylation is 1. The average molecular weight is 290 g/mol. The lowest BCUT2D eigenvalue weighted by molar-refractivity contribution is -0.136. The van der Waals surface area contributed by atoms with Gasteiger partial charge in [-0.05, 0) is 13.3 Å². The molecule has 6 nitrogen and oxygen atoms in total. The Morgan fingerprint density at radius 1 is 1.19 bits per heavy atom. The topological polar surface area (TPSA) is 75.7 Å². The zero-order valence-electron chi connectivity index (χ0n) is 11.9. The number of nitrogens with zero attached hydrogens (tertiary/aromatic N) is 1. The highest BCUT2D eigenvalue weighted by Crippen LogP contribution is 2.16. The van der Waals surface area contributed by atoms with Crippen molar-refractivity contribution in [3.63, 3.8) is 0 Å². The van der Waals surface area contributed by atoms with Gasteiger partial charge in [0.15, 0.2) is 0 Å². The number of carbonyl (C=O) groups excluding carboxylic acids is 3. The van der Waals surface area contributed by atoms with E-state index in [2.05, 4.69) is 24.4 Å². The lowest BCUT2D eigenvalue weighted by atomic mass is 10.1. The smallest absolute Gasteiger partial charge is 0.410 e. The van der Waals surface area contributed by atoms with Crippen LogP contribution in [0.4, 0.5) is 4.79 Å². The molecule has 21 heavy (non-hydrogen) atoms. The number of amides is 3. The van der Waals surface area contributed by atoms with Gasteiger partial charge in [-0.3, -0.25) is 19.8 Å². The van der Waals surface area contributed by atoms with E-state index < -0.39 is 18.0 Å². The lowest BCUT2D eigenvalue weighted by Crippen LogP contribution is -2.52. The first kappa shape index (κ1) is 15.0. The largest absolute Gasteiger partial charge is 0.448 e. The Morgan fingerprint density at radius 2 is 1.90 bits per heavy atom. The van der Waals surface area contributed by atoms with E-state index in [0.29, 0.717) is 19.6 Å². The monoisotopic (exact) mass is 290 g/mol. The molecule has 0 spiro atoms. The molecule has 0 saturated carbocycles. The molecule has 2 saturated heterocycles. The minimum absolute atomic E-state index is 0.278. The molecular weight excluding hydrogens is 272 g/mol. The maximum Gasteiger partial charge on any atom is 0.410 e. The molecule has 1 aromatic rings. The minimum Gasteiger partial charge on any atom is -0.448 e. The molecule has 0 radical (unpaired) electrons. The van der Waals surface area contributed by atoms with Gasteiger partial charge in [-0.15, -0.1) is 0 Å². The van der Waals surface area contributed by atoms with E-state index in [-0.39, 0.29) is 12.3 Å². The second-order valence-corrected chi connectivity index (χ2v) is 4.93. The van der Waals surface area contributed by atoms with Crippen molar-refractivity contribution in [2.45, 2.75) is 25.8 Å². The standard InChI is InChI=1S/C8H10N2O4.C7H8/c11-6-2-1-5(7(12)9-6)10-3-4-14-8(10)13;1-7-5-3-2-4-6-7/h5H,1-4H2,(H,9,11,12);2-6H,1H3. The molecule has 3 rings (SSSR count). The van der Waals surface area contributed by atoms with Crippen LogP contribution in [0.2, 0.25) is 0 Å². The van der Waals surface area contributed by atoms with Crippen LogP contribution in [0.15, 0.2) is 30.3 Å². The highest BCUT2D eigenvalue weighted by Gasteiger charge is 2.37. The summed E-state index contributed by atoms with van der Waals surface area (Å²) in [5.41, 5.74) is 1.32. The van der Waals surface area contributed by atoms with Crippen LogP contribution in [0, 0.1) is 6.92 Å². The SMILES string of the molecule is Cc1ccccc1.O=C1CCC(N2CCOC2=O)C(=O)N1. The predicted molar refractivity (Wildman–Crippen MR) is 75.4 cm³/mol. The molecule has 1 N–H and O–H groups in total. The Bertz CT molecular complexity index is 530. The molecule has 3 amide bonds. The summed E-state index contributed by atoms with van der Waals surface area (Å²) in [6.45, 7) is 2.82. The Hall–Kier alpha value is -2.37. The predicted octanol–water partition coefficient (Wildman–Crippen LogP) is 1.24. The fourth-order valence-electron chi connectivity index (χ4n) is 2.20. The summed E-state index contributed by atoms with van der Waals surface area (Å²) >= 11 is 0. The van der Waals surface area contributed by atoms with Crippen LogP contribution >= 0.6 is 0 Å². The van der Waals surface area contributed by atoms with Crippen molar-refractivity contribution in [1.82, 2.24) is 10.2 Å². The van der Waals surface area contributed by atoms with Gasteiger partial charge in [-0.2, -0.15) is 0 Å². The summed E-state index contributed by atoms with van der Waals surface area (Å²) in [5, 5.41) is 2.20. The average Bonchev–Trinajstić information content (AvgIpc) is 2.87. The van der Waals surface area contributed by atoms with E-state index >= 15 is 0 Å². The molecule has 2 fully saturated rings. The molecule has 2 aliphatic rings. The second kappa shape index (κ2) is 6.88. The highest BCUT2D eigenvalue weighted by atomic mass is 16.6. The van der Waals surface area contributed by atoms with Crippen molar-refractivity contribution in [1.29, 1.82) is 0 Å². The maximum atomic E-state index is 11.4. The number of benzene rings is 1. The zero-order chi connectivity index (χ0) is 15.2. The molecule has 6 heteroatoms. The molecule has 1 unspecified atom stereocenters. The van der Waals surface area contributed by atoms with Gasteiger partial charge >= 0.3 is 6.09 Å². The Kier molecular flexibility index (Phi) is 4.92. The van der Waals surface area contributed by atoms with Gasteiger partial charge in [0.05, 0.1) is 6.54 Å². The van der Waals surface area contributed by atoms with Crippen molar-refractivity contribution in [3.8, 4) is 0 Å². The number of cyclic esters (lactones) is 1. The number of carbonyl (C=O) groups is 3. The minimum atomic E-state index is -0.539. The van der Waals surface area contributed by atoms with Gasteiger partial charge in [0.2, 0.25) is 11.8 Å². The lowest BCUT2D eigenvalue weighted by Gasteiger charge is -2.27. The first-order valence-corrected chi connectivity index (χ1v) is 6.86. The third-order valence-electron chi connectivity index (χ3n) is 3.32. The van der Waals surface area contributed by atoms with Gasteiger partial charge < -0.3 is 4.74 Å². The van der Waals surface area contributed by atoms with E-state index in [1.165, 1.54) is 10.5 Å². The second-order valence-electron chi connectivity index (χ2n) is 4.93. The van der Waals surface area contributed by atoms with Crippen LogP contribution in [0.5, 0.6) is 0 Å². The number of nitrogens with one attached hydrogen (secondary N) is 1. The van der Waals surface area contributed by atoms with E-state index in [0.717, 1.165) is 0 Å². The molecule has 1 aromatic carbocycles. The first-order chi connectivity index (χ1) is 10.1. The van der Waals surface area contributed by atoms with Gasteiger partial charge in [0.1, 0.15) is 12.6 Å². The third kappa shape index (κ3) is 4.05. The van der Waals surface area contributed by atoms with Gasteiger partial charge in [0.25, 0.3) is 0 Å². The van der Waals surface area contributed by atoms with Gasteiger partial charge in [-0.25, -0.2) is 4.79 Å². The molecule has 112 valence electrons. The highest BCUT2D eigenvalue weighted by molar-refractivity contribution is 6.01. The summed E-state index contributed by atoms with van der Waals surface area (Å²) in [6, 6.07) is 9.72. The number of imide groups is 1. The van der Waals surface area contributed by atoms with Crippen LogP contribution in [0.25, 0.3) is 0 Å². The van der Waals surface area contributed by atoms with E-state index in [9.17, 15) is 14.4 Å². The van der Waals surface area contributed by atoms with Crippen molar-refractivity contribution in [2.75, 3.05) is 13.2 Å². The number of piperidine rings is 1. The normalized spacial score (nSPS) is 21.3. The fourth-order valence-corrected chi connectivity index (χ4v) is 2.20. The number of hydrogen-bond acceptors (Lipinski definition) is 4. The Morgan fingerprint density at radius 3 is 2.38 bits per heavy atom. The zero-order valence-corrected chi connectivity index (χ0v) is 11.9. The Balaban J connectivity index is 0.000000194. The number of rotatable bonds is 1. The van der Waals surface area contributed by atoms with E-state index in [1.54, 1.807) is 0 Å². The molecule has 2 heterocycles. The van der Waals surface area contributed by atoms with Crippen LogP contribution in [0.1, 0.15) is 18.4 Å². The van der Waals surface area contributed by atoms with Gasteiger partial charge in [0, 0.05) is 6.42 Å².